The number of nitrogens with one attached hydrogen (secondary N) is 4. The first-order valence-electron chi connectivity index (χ1n) is 11.3. The number of carbonyl (C=O) groups is 5. The van der Waals surface area contributed by atoms with Crippen LogP contribution in [0.2, 0.25) is 0 Å². The van der Waals surface area contributed by atoms with E-state index in [1.807, 2.05) is 0 Å². The van der Waals surface area contributed by atoms with Gasteiger partial charge >= 0.3 is 29.6 Å². The highest BCUT2D eigenvalue weighted by molar-refractivity contribution is 6.39. The Morgan fingerprint density at radius 3 is 2.37 bits per heavy atom. The normalized spacial score (nSPS) is 10.4. The van der Waals surface area contributed by atoms with Crippen molar-refractivity contribution in [3.63, 3.8) is 0 Å². The van der Waals surface area contributed by atoms with Crippen LogP contribution in [0, 0.1) is 0 Å². The highest BCUT2D eigenvalue weighted by atomic mass is 16.5. The summed E-state index contributed by atoms with van der Waals surface area (Å²) in [4.78, 5) is 63.4. The average Bonchev–Trinajstić information content (AvgIpc) is 3.39. The molecule has 0 saturated carbocycles. The number of nitrogens with zero attached hydrogens (tertiary/aromatic N) is 2. The highest BCUT2D eigenvalue weighted by Crippen LogP contribution is 2.11. The van der Waals surface area contributed by atoms with E-state index in [1.54, 1.807) is 31.5 Å². The number of furan rings is 1. The van der Waals surface area contributed by atoms with Crippen molar-refractivity contribution < 1.29 is 33.1 Å². The summed E-state index contributed by atoms with van der Waals surface area (Å²) in [5.74, 6) is -3.60. The number of benzene rings is 1. The zero-order valence-corrected chi connectivity index (χ0v) is 20.2. The summed E-state index contributed by atoms with van der Waals surface area (Å²) < 4.78 is 10.3. The summed E-state index contributed by atoms with van der Waals surface area (Å²) in [5.41, 5.74) is 3.44. The Balaban J connectivity index is 1.39. The zero-order valence-electron chi connectivity index (χ0n) is 20.2. The minimum Gasteiger partial charge on any atom is -0.462 e. The lowest BCUT2D eigenvalue weighted by atomic mass is 10.2. The van der Waals surface area contributed by atoms with Gasteiger partial charge in [-0.1, -0.05) is 6.07 Å². The maximum atomic E-state index is 12.1. The summed E-state index contributed by atoms with van der Waals surface area (Å²) in [6.45, 7) is 1.98. The van der Waals surface area contributed by atoms with Crippen molar-refractivity contribution in [1.29, 1.82) is 0 Å². The van der Waals surface area contributed by atoms with Crippen molar-refractivity contribution in [3.05, 3.63) is 83.6 Å². The maximum absolute atomic E-state index is 12.1. The Morgan fingerprint density at radius 2 is 1.66 bits per heavy atom. The van der Waals surface area contributed by atoms with Gasteiger partial charge in [-0.2, -0.15) is 5.10 Å². The molecule has 0 saturated heterocycles. The second-order valence-corrected chi connectivity index (χ2v) is 7.48. The quantitative estimate of drug-likeness (QED) is 0.139. The van der Waals surface area contributed by atoms with Crippen molar-refractivity contribution in [2.24, 2.45) is 5.10 Å². The smallest absolute Gasteiger partial charge is 0.338 e. The summed E-state index contributed by atoms with van der Waals surface area (Å²) in [6, 6.07) is 12.4. The Labute approximate surface area is 216 Å². The molecule has 2 heterocycles. The summed E-state index contributed by atoms with van der Waals surface area (Å²) >= 11 is 0. The molecule has 0 unspecified atom stereocenters. The van der Waals surface area contributed by atoms with Gasteiger partial charge in [0.05, 0.1) is 24.9 Å². The standard InChI is InChI=1S/C25H24N6O7/c1-2-37-25(36)17-5-7-18(8-6-17)30-23(34)21(32)28-14-19-9-10-20(38-19)15-29-31-24(35)22(33)27-13-16-4-3-11-26-12-16/h3-12,15H,2,13-14H2,1H3,(H,27,33)(H,28,32)(H,30,34)(H,31,35)/b29-15+. The summed E-state index contributed by atoms with van der Waals surface area (Å²) in [5, 5.41) is 10.9. The number of anilines is 1. The van der Waals surface area contributed by atoms with Crippen LogP contribution in [0.4, 0.5) is 5.69 Å². The van der Waals surface area contributed by atoms with Crippen LogP contribution in [0.1, 0.15) is 34.4 Å². The average molecular weight is 521 g/mol. The van der Waals surface area contributed by atoms with E-state index in [2.05, 4.69) is 31.5 Å². The molecule has 0 fully saturated rings. The van der Waals surface area contributed by atoms with E-state index in [4.69, 9.17) is 9.15 Å². The van der Waals surface area contributed by atoms with Crippen LogP contribution in [0.3, 0.4) is 0 Å². The number of pyridine rings is 1. The minimum atomic E-state index is -0.967. The molecule has 2 aromatic heterocycles. The van der Waals surface area contributed by atoms with Crippen LogP contribution < -0.4 is 21.4 Å². The first-order chi connectivity index (χ1) is 18.4. The molecule has 38 heavy (non-hydrogen) atoms. The van der Waals surface area contributed by atoms with Crippen molar-refractivity contribution in [2.45, 2.75) is 20.0 Å². The molecule has 0 bridgehead atoms. The largest absolute Gasteiger partial charge is 0.462 e. The molecule has 0 radical (unpaired) electrons. The minimum absolute atomic E-state index is 0.0923. The number of hydrogen-bond donors (Lipinski definition) is 4. The molecule has 4 N–H and O–H groups in total. The van der Waals surface area contributed by atoms with Crippen LogP contribution >= 0.6 is 0 Å². The lowest BCUT2D eigenvalue weighted by Gasteiger charge is -2.06. The predicted octanol–water partition coefficient (Wildman–Crippen LogP) is 0.873. The molecule has 0 aliphatic heterocycles. The van der Waals surface area contributed by atoms with Gasteiger partial charge in [0.25, 0.3) is 0 Å². The third-order valence-electron chi connectivity index (χ3n) is 4.71. The van der Waals surface area contributed by atoms with Crippen molar-refractivity contribution in [1.82, 2.24) is 21.0 Å². The van der Waals surface area contributed by atoms with Crippen LogP contribution in [-0.2, 0) is 37.0 Å². The first kappa shape index (κ1) is 27.3. The molecule has 0 aliphatic rings. The number of aromatic nitrogens is 1. The van der Waals surface area contributed by atoms with E-state index in [-0.39, 0.29) is 25.5 Å². The molecule has 13 heteroatoms. The molecule has 0 spiro atoms. The van der Waals surface area contributed by atoms with Gasteiger partial charge in [-0.05, 0) is 55.0 Å². The molecule has 3 rings (SSSR count). The molecule has 0 aliphatic carbocycles. The number of hydrazone groups is 1. The SMILES string of the molecule is CCOC(=O)c1ccc(NC(=O)C(=O)NCc2ccc(/C=N/NC(=O)C(=O)NCc3cccnc3)o2)cc1. The molecule has 1 aromatic carbocycles. The van der Waals surface area contributed by atoms with Gasteiger partial charge in [0.1, 0.15) is 11.5 Å². The van der Waals surface area contributed by atoms with Crippen molar-refractivity contribution in [2.75, 3.05) is 11.9 Å². The highest BCUT2D eigenvalue weighted by Gasteiger charge is 2.15. The number of carbonyl (C=O) groups excluding carboxylic acids is 5. The fourth-order valence-corrected chi connectivity index (χ4v) is 2.87. The monoisotopic (exact) mass is 520 g/mol. The third kappa shape index (κ3) is 8.41. The molecular formula is C25H24N6O7. The molecule has 3 aromatic rings. The van der Waals surface area contributed by atoms with Crippen molar-refractivity contribution in [3.8, 4) is 0 Å². The Morgan fingerprint density at radius 1 is 0.921 bits per heavy atom. The van der Waals surface area contributed by atoms with E-state index in [1.165, 1.54) is 42.6 Å². The van der Waals surface area contributed by atoms with Gasteiger partial charge in [-0.25, -0.2) is 10.2 Å². The summed E-state index contributed by atoms with van der Waals surface area (Å²) in [7, 11) is 0. The Hall–Kier alpha value is -5.33. The van der Waals surface area contributed by atoms with E-state index in [0.29, 0.717) is 17.0 Å². The van der Waals surface area contributed by atoms with Crippen LogP contribution in [-0.4, -0.2) is 47.4 Å². The van der Waals surface area contributed by atoms with Gasteiger partial charge in [0.2, 0.25) is 0 Å². The van der Waals surface area contributed by atoms with E-state index < -0.39 is 29.6 Å². The zero-order chi connectivity index (χ0) is 27.3. The molecule has 196 valence electrons. The Bertz CT molecular complexity index is 1320. The topological polar surface area (TPSA) is 181 Å². The number of rotatable bonds is 9. The maximum Gasteiger partial charge on any atom is 0.338 e. The number of esters is 1. The molecule has 0 atom stereocenters. The second-order valence-electron chi connectivity index (χ2n) is 7.48. The molecule has 4 amide bonds. The van der Waals surface area contributed by atoms with E-state index in [9.17, 15) is 24.0 Å². The fourth-order valence-electron chi connectivity index (χ4n) is 2.87. The second kappa shape index (κ2) is 13.7. The van der Waals surface area contributed by atoms with Crippen LogP contribution in [0.15, 0.2) is 70.4 Å². The molecular weight excluding hydrogens is 496 g/mol. The van der Waals surface area contributed by atoms with Gasteiger partial charge in [0.15, 0.2) is 0 Å². The Kier molecular flexibility index (Phi) is 9.81. The van der Waals surface area contributed by atoms with Gasteiger partial charge in [0, 0.05) is 24.6 Å². The lowest BCUT2D eigenvalue weighted by Crippen LogP contribution is -2.37. The fraction of sp³-hybridized carbons (Fsp3) is 0.160. The predicted molar refractivity (Wildman–Crippen MR) is 133 cm³/mol. The van der Waals surface area contributed by atoms with Crippen molar-refractivity contribution >= 4 is 41.5 Å². The third-order valence-corrected chi connectivity index (χ3v) is 4.71. The van der Waals surface area contributed by atoms with E-state index >= 15 is 0 Å². The van der Waals surface area contributed by atoms with Gasteiger partial charge in [-0.3, -0.25) is 24.2 Å². The molecule has 13 nitrogen and oxygen atoms in total. The number of hydrogen-bond acceptors (Lipinski definition) is 9. The number of amides is 4. The lowest BCUT2D eigenvalue weighted by molar-refractivity contribution is -0.139. The summed E-state index contributed by atoms with van der Waals surface area (Å²) in [6.07, 6.45) is 4.33. The van der Waals surface area contributed by atoms with Gasteiger partial charge in [-0.15, -0.1) is 0 Å². The van der Waals surface area contributed by atoms with Gasteiger partial charge < -0.3 is 25.1 Å². The van der Waals surface area contributed by atoms with Crippen LogP contribution in [0.5, 0.6) is 0 Å². The number of ether oxygens (including phenoxy) is 1. The van der Waals surface area contributed by atoms with E-state index in [0.717, 1.165) is 5.56 Å². The van der Waals surface area contributed by atoms with Crippen LogP contribution in [0.25, 0.3) is 0 Å². The first-order valence-corrected chi connectivity index (χ1v) is 11.3.